The summed E-state index contributed by atoms with van der Waals surface area (Å²) in [6.07, 6.45) is 4.29. The van der Waals surface area contributed by atoms with Gasteiger partial charge in [0.15, 0.2) is 0 Å². The molecule has 0 aromatic carbocycles. The van der Waals surface area contributed by atoms with Crippen molar-refractivity contribution in [1.82, 2.24) is 10.2 Å². The van der Waals surface area contributed by atoms with Crippen molar-refractivity contribution in [3.63, 3.8) is 0 Å². The van der Waals surface area contributed by atoms with Crippen LogP contribution in [0.5, 0.6) is 0 Å². The van der Waals surface area contributed by atoms with Crippen LogP contribution in [0.4, 0.5) is 0 Å². The van der Waals surface area contributed by atoms with E-state index in [2.05, 4.69) is 17.1 Å². The molecule has 2 atom stereocenters. The number of rotatable bonds is 2. The standard InChI is InChI=1S/C11H22N2/c1-10-6-11(8-12-7-10)9-13-4-2-3-5-13/h10-12H,2-9H2,1H3. The van der Waals surface area contributed by atoms with Gasteiger partial charge in [0.25, 0.3) is 0 Å². The monoisotopic (exact) mass is 182 g/mol. The Labute approximate surface area is 81.7 Å². The lowest BCUT2D eigenvalue weighted by atomic mass is 9.91. The molecule has 2 nitrogen and oxygen atoms in total. The van der Waals surface area contributed by atoms with Crippen LogP contribution in [0.2, 0.25) is 0 Å². The maximum absolute atomic E-state index is 3.53. The van der Waals surface area contributed by atoms with Gasteiger partial charge in [0.2, 0.25) is 0 Å². The van der Waals surface area contributed by atoms with Gasteiger partial charge in [-0.15, -0.1) is 0 Å². The molecule has 0 amide bonds. The second-order valence-corrected chi connectivity index (χ2v) is 4.87. The van der Waals surface area contributed by atoms with Crippen molar-refractivity contribution in [3.05, 3.63) is 0 Å². The Hall–Kier alpha value is -0.0800. The Morgan fingerprint density at radius 1 is 1.23 bits per heavy atom. The van der Waals surface area contributed by atoms with E-state index < -0.39 is 0 Å². The SMILES string of the molecule is CC1CNCC(CN2CCCC2)C1. The highest BCUT2D eigenvalue weighted by Gasteiger charge is 2.22. The van der Waals surface area contributed by atoms with Crippen LogP contribution in [-0.4, -0.2) is 37.6 Å². The van der Waals surface area contributed by atoms with Crippen LogP contribution < -0.4 is 5.32 Å². The van der Waals surface area contributed by atoms with Gasteiger partial charge in [-0.2, -0.15) is 0 Å². The molecule has 2 fully saturated rings. The van der Waals surface area contributed by atoms with Gasteiger partial charge in [0, 0.05) is 6.54 Å². The molecule has 2 heterocycles. The summed E-state index contributed by atoms with van der Waals surface area (Å²) in [7, 11) is 0. The zero-order chi connectivity index (χ0) is 9.10. The van der Waals surface area contributed by atoms with E-state index in [4.69, 9.17) is 0 Å². The van der Waals surface area contributed by atoms with E-state index in [1.54, 1.807) is 0 Å². The Balaban J connectivity index is 1.73. The van der Waals surface area contributed by atoms with Gasteiger partial charge < -0.3 is 10.2 Å². The molecule has 0 saturated carbocycles. The third-order valence-electron chi connectivity index (χ3n) is 3.38. The molecule has 2 aliphatic heterocycles. The molecule has 0 radical (unpaired) electrons. The number of hydrogen-bond acceptors (Lipinski definition) is 2. The first-order chi connectivity index (χ1) is 6.34. The summed E-state index contributed by atoms with van der Waals surface area (Å²) in [6.45, 7) is 8.90. The normalized spacial score (nSPS) is 36.7. The predicted octanol–water partition coefficient (Wildman–Crippen LogP) is 1.33. The first-order valence-corrected chi connectivity index (χ1v) is 5.77. The fraction of sp³-hybridized carbons (Fsp3) is 1.00. The lowest BCUT2D eigenvalue weighted by molar-refractivity contribution is 0.216. The average Bonchev–Trinajstić information content (AvgIpc) is 2.57. The van der Waals surface area contributed by atoms with E-state index in [9.17, 15) is 0 Å². The molecule has 76 valence electrons. The first-order valence-electron chi connectivity index (χ1n) is 5.77. The Bertz CT molecular complexity index is 152. The molecule has 1 N–H and O–H groups in total. The maximum Gasteiger partial charge on any atom is 0.00219 e. The summed E-state index contributed by atoms with van der Waals surface area (Å²) < 4.78 is 0. The van der Waals surface area contributed by atoms with Gasteiger partial charge in [-0.05, 0) is 57.3 Å². The fourth-order valence-corrected chi connectivity index (χ4v) is 2.74. The number of likely N-dealkylation sites (tertiary alicyclic amines) is 1. The minimum absolute atomic E-state index is 0.890. The van der Waals surface area contributed by atoms with Crippen LogP contribution in [-0.2, 0) is 0 Å². The van der Waals surface area contributed by atoms with Crippen molar-refractivity contribution in [1.29, 1.82) is 0 Å². The minimum atomic E-state index is 0.890. The molecular formula is C11H22N2. The van der Waals surface area contributed by atoms with Gasteiger partial charge >= 0.3 is 0 Å². The summed E-state index contributed by atoms with van der Waals surface area (Å²) >= 11 is 0. The topological polar surface area (TPSA) is 15.3 Å². The molecule has 0 spiro atoms. The number of hydrogen-bond donors (Lipinski definition) is 1. The molecule has 0 aliphatic carbocycles. The smallest absolute Gasteiger partial charge is 0.00219 e. The minimum Gasteiger partial charge on any atom is -0.316 e. The predicted molar refractivity (Wildman–Crippen MR) is 55.8 cm³/mol. The highest BCUT2D eigenvalue weighted by atomic mass is 15.1. The van der Waals surface area contributed by atoms with Gasteiger partial charge in [-0.25, -0.2) is 0 Å². The van der Waals surface area contributed by atoms with Gasteiger partial charge in [-0.1, -0.05) is 6.92 Å². The lowest BCUT2D eigenvalue weighted by Gasteiger charge is -2.30. The quantitative estimate of drug-likeness (QED) is 0.693. The third kappa shape index (κ3) is 2.68. The Morgan fingerprint density at radius 2 is 2.00 bits per heavy atom. The third-order valence-corrected chi connectivity index (χ3v) is 3.38. The van der Waals surface area contributed by atoms with Crippen molar-refractivity contribution in [2.75, 3.05) is 32.7 Å². The van der Waals surface area contributed by atoms with E-state index in [0.29, 0.717) is 0 Å². The van der Waals surface area contributed by atoms with Crippen molar-refractivity contribution in [3.8, 4) is 0 Å². The zero-order valence-electron chi connectivity index (χ0n) is 8.76. The largest absolute Gasteiger partial charge is 0.316 e. The second-order valence-electron chi connectivity index (χ2n) is 4.87. The molecular weight excluding hydrogens is 160 g/mol. The summed E-state index contributed by atoms with van der Waals surface area (Å²) in [5.41, 5.74) is 0. The molecule has 13 heavy (non-hydrogen) atoms. The maximum atomic E-state index is 3.53. The van der Waals surface area contributed by atoms with Crippen molar-refractivity contribution >= 4 is 0 Å². The van der Waals surface area contributed by atoms with Crippen LogP contribution in [0.25, 0.3) is 0 Å². The molecule has 2 rings (SSSR count). The zero-order valence-corrected chi connectivity index (χ0v) is 8.76. The van der Waals surface area contributed by atoms with E-state index in [0.717, 1.165) is 11.8 Å². The van der Waals surface area contributed by atoms with Crippen molar-refractivity contribution < 1.29 is 0 Å². The highest BCUT2D eigenvalue weighted by molar-refractivity contribution is 4.78. The molecule has 2 unspecified atom stereocenters. The summed E-state index contributed by atoms with van der Waals surface area (Å²) in [6, 6.07) is 0. The Morgan fingerprint density at radius 3 is 2.69 bits per heavy atom. The first kappa shape index (κ1) is 9.47. The van der Waals surface area contributed by atoms with Crippen molar-refractivity contribution in [2.45, 2.75) is 26.2 Å². The van der Waals surface area contributed by atoms with Crippen LogP contribution in [0.1, 0.15) is 26.2 Å². The number of nitrogens with one attached hydrogen (secondary N) is 1. The van der Waals surface area contributed by atoms with E-state index >= 15 is 0 Å². The van der Waals surface area contributed by atoms with Crippen LogP contribution in [0.3, 0.4) is 0 Å². The average molecular weight is 182 g/mol. The molecule has 2 aliphatic rings. The highest BCUT2D eigenvalue weighted by Crippen LogP contribution is 2.18. The molecule has 2 heteroatoms. The summed E-state index contributed by atoms with van der Waals surface area (Å²) in [5, 5.41) is 3.53. The van der Waals surface area contributed by atoms with Crippen molar-refractivity contribution in [2.24, 2.45) is 11.8 Å². The van der Waals surface area contributed by atoms with Gasteiger partial charge in [-0.3, -0.25) is 0 Å². The molecule has 0 bridgehead atoms. The lowest BCUT2D eigenvalue weighted by Crippen LogP contribution is -2.40. The van der Waals surface area contributed by atoms with Gasteiger partial charge in [0.05, 0.1) is 0 Å². The van der Waals surface area contributed by atoms with E-state index in [-0.39, 0.29) is 0 Å². The van der Waals surface area contributed by atoms with Crippen LogP contribution >= 0.6 is 0 Å². The molecule has 0 aromatic heterocycles. The molecule has 0 aromatic rings. The second kappa shape index (κ2) is 4.43. The van der Waals surface area contributed by atoms with Crippen LogP contribution in [0.15, 0.2) is 0 Å². The summed E-state index contributed by atoms with van der Waals surface area (Å²) in [4.78, 5) is 2.64. The molecule has 2 saturated heterocycles. The Kier molecular flexibility index (Phi) is 3.23. The van der Waals surface area contributed by atoms with E-state index in [1.165, 1.54) is 52.0 Å². The number of piperidine rings is 1. The van der Waals surface area contributed by atoms with E-state index in [1.807, 2.05) is 0 Å². The summed E-state index contributed by atoms with van der Waals surface area (Å²) in [5.74, 6) is 1.81. The van der Waals surface area contributed by atoms with Crippen LogP contribution in [0, 0.1) is 11.8 Å². The number of nitrogens with zero attached hydrogens (tertiary/aromatic N) is 1. The van der Waals surface area contributed by atoms with Gasteiger partial charge in [0.1, 0.15) is 0 Å². The fourth-order valence-electron chi connectivity index (χ4n) is 2.74.